The molecule has 0 fully saturated rings. The molecule has 6 heteroatoms. The van der Waals surface area contributed by atoms with Crippen LogP contribution in [-0.2, 0) is 10.0 Å². The summed E-state index contributed by atoms with van der Waals surface area (Å²) in [6.45, 7) is 3.18. The van der Waals surface area contributed by atoms with Crippen molar-refractivity contribution in [1.82, 2.24) is 3.97 Å². The third-order valence-corrected chi connectivity index (χ3v) is 5.77. The van der Waals surface area contributed by atoms with Crippen LogP contribution in [0.4, 0.5) is 0 Å². The molecule has 0 atom stereocenters. The molecule has 0 aliphatic heterocycles. The fraction of sp³-hybridized carbons (Fsp3) is 0.118. The minimum absolute atomic E-state index is 0.0200. The first kappa shape index (κ1) is 15.8. The summed E-state index contributed by atoms with van der Waals surface area (Å²) in [4.78, 5) is 12.1. The summed E-state index contributed by atoms with van der Waals surface area (Å²) >= 11 is 6.27. The van der Waals surface area contributed by atoms with Gasteiger partial charge in [0.15, 0.2) is 5.78 Å². The summed E-state index contributed by atoms with van der Waals surface area (Å²) < 4.78 is 27.1. The Morgan fingerprint density at radius 1 is 1.04 bits per heavy atom. The highest BCUT2D eigenvalue weighted by molar-refractivity contribution is 7.90. The van der Waals surface area contributed by atoms with E-state index in [0.29, 0.717) is 10.9 Å². The van der Waals surface area contributed by atoms with E-state index in [1.165, 1.54) is 19.1 Å². The molecule has 0 radical (unpaired) electrons. The second-order valence-corrected chi connectivity index (χ2v) is 7.48. The molecular formula is C17H14ClNO3S. The summed E-state index contributed by atoms with van der Waals surface area (Å²) in [7, 11) is -3.93. The fourth-order valence-corrected chi connectivity index (χ4v) is 4.53. The van der Waals surface area contributed by atoms with Crippen molar-refractivity contribution >= 4 is 38.3 Å². The first-order valence-corrected chi connectivity index (χ1v) is 8.78. The van der Waals surface area contributed by atoms with Crippen LogP contribution < -0.4 is 0 Å². The number of para-hydroxylation sites is 1. The molecule has 0 N–H and O–H groups in total. The lowest BCUT2D eigenvalue weighted by molar-refractivity contribution is 0.101. The zero-order valence-corrected chi connectivity index (χ0v) is 14.1. The van der Waals surface area contributed by atoms with Gasteiger partial charge in [0.25, 0.3) is 10.0 Å². The maximum Gasteiger partial charge on any atom is 0.268 e. The van der Waals surface area contributed by atoms with Crippen molar-refractivity contribution in [1.29, 1.82) is 0 Å². The van der Waals surface area contributed by atoms with Gasteiger partial charge < -0.3 is 0 Å². The number of nitrogens with zero attached hydrogens (tertiary/aromatic N) is 1. The van der Waals surface area contributed by atoms with E-state index in [2.05, 4.69) is 0 Å². The number of carbonyl (C=O) groups excluding carboxylic acids is 1. The molecule has 0 aliphatic rings. The van der Waals surface area contributed by atoms with E-state index in [1.807, 2.05) is 6.92 Å². The Hall–Kier alpha value is -2.11. The van der Waals surface area contributed by atoms with Gasteiger partial charge in [-0.3, -0.25) is 4.79 Å². The van der Waals surface area contributed by atoms with Gasteiger partial charge in [0, 0.05) is 12.3 Å². The van der Waals surface area contributed by atoms with E-state index in [4.69, 9.17) is 11.6 Å². The van der Waals surface area contributed by atoms with Crippen LogP contribution in [0.25, 0.3) is 10.9 Å². The van der Waals surface area contributed by atoms with Gasteiger partial charge in [0.1, 0.15) is 5.69 Å². The summed E-state index contributed by atoms with van der Waals surface area (Å²) in [5.41, 5.74) is 1.32. The topological polar surface area (TPSA) is 56.1 Å². The maximum atomic E-state index is 13.0. The van der Waals surface area contributed by atoms with Crippen molar-refractivity contribution in [3.05, 3.63) is 64.8 Å². The van der Waals surface area contributed by atoms with Crippen LogP contribution in [0.15, 0.2) is 53.4 Å². The molecule has 3 rings (SSSR count). The van der Waals surface area contributed by atoms with Crippen molar-refractivity contribution < 1.29 is 13.2 Å². The number of hydrogen-bond donors (Lipinski definition) is 0. The Morgan fingerprint density at radius 3 is 2.26 bits per heavy atom. The summed E-state index contributed by atoms with van der Waals surface area (Å²) in [6.07, 6.45) is 0. The van der Waals surface area contributed by atoms with Crippen molar-refractivity contribution in [3.8, 4) is 0 Å². The lowest BCUT2D eigenvalue weighted by Gasteiger charge is -2.11. The smallest absolute Gasteiger partial charge is 0.268 e. The van der Waals surface area contributed by atoms with Crippen LogP contribution in [-0.4, -0.2) is 18.2 Å². The Kier molecular flexibility index (Phi) is 3.78. The van der Waals surface area contributed by atoms with Crippen molar-refractivity contribution in [2.24, 2.45) is 0 Å². The van der Waals surface area contributed by atoms with E-state index in [0.717, 1.165) is 9.54 Å². The normalized spacial score (nSPS) is 11.8. The van der Waals surface area contributed by atoms with E-state index >= 15 is 0 Å². The highest BCUT2D eigenvalue weighted by atomic mass is 35.5. The van der Waals surface area contributed by atoms with Gasteiger partial charge in [-0.2, -0.15) is 0 Å². The second kappa shape index (κ2) is 5.51. The number of ketones is 1. The van der Waals surface area contributed by atoms with Crippen LogP contribution in [0.2, 0.25) is 5.02 Å². The first-order valence-electron chi connectivity index (χ1n) is 6.96. The monoisotopic (exact) mass is 347 g/mol. The summed E-state index contributed by atoms with van der Waals surface area (Å²) in [5, 5.41) is 0.693. The molecule has 118 valence electrons. The zero-order valence-electron chi connectivity index (χ0n) is 12.6. The molecule has 1 heterocycles. The van der Waals surface area contributed by atoms with Gasteiger partial charge in [-0.05, 0) is 25.1 Å². The lowest BCUT2D eigenvalue weighted by atomic mass is 10.2. The lowest BCUT2D eigenvalue weighted by Crippen LogP contribution is -2.17. The highest BCUT2D eigenvalue weighted by Crippen LogP contribution is 2.34. The Morgan fingerprint density at radius 2 is 1.65 bits per heavy atom. The zero-order chi connectivity index (χ0) is 16.8. The molecule has 23 heavy (non-hydrogen) atoms. The number of halogens is 1. The number of benzene rings is 2. The Labute approximate surface area is 139 Å². The van der Waals surface area contributed by atoms with Crippen LogP contribution in [0, 0.1) is 6.92 Å². The molecule has 2 aromatic carbocycles. The standard InChI is InChI=1S/C17H14ClNO3S/c1-11-7-9-13(10-8-11)23(21,22)19-15-6-4-3-5-14(15)16(18)17(19)12(2)20/h3-10H,1-2H3. The fourth-order valence-electron chi connectivity index (χ4n) is 2.54. The van der Waals surface area contributed by atoms with Crippen LogP contribution in [0.1, 0.15) is 23.0 Å². The van der Waals surface area contributed by atoms with Gasteiger partial charge in [0.2, 0.25) is 0 Å². The number of Topliss-reactive ketones (excluding diaryl/α,β-unsaturated/α-hetero) is 1. The molecule has 0 saturated carbocycles. The minimum atomic E-state index is -3.93. The first-order chi connectivity index (χ1) is 10.8. The number of rotatable bonds is 3. The van der Waals surface area contributed by atoms with Crippen LogP contribution >= 0.6 is 11.6 Å². The highest BCUT2D eigenvalue weighted by Gasteiger charge is 2.28. The van der Waals surface area contributed by atoms with Gasteiger partial charge in [-0.25, -0.2) is 12.4 Å². The molecule has 0 bridgehead atoms. The van der Waals surface area contributed by atoms with Crippen LogP contribution in [0.5, 0.6) is 0 Å². The number of fused-ring (bicyclic) bond motifs is 1. The average Bonchev–Trinajstić information content (AvgIpc) is 2.82. The summed E-state index contributed by atoms with van der Waals surface area (Å²) in [5.74, 6) is -0.401. The largest absolute Gasteiger partial charge is 0.293 e. The Balaban J connectivity index is 2.41. The van der Waals surface area contributed by atoms with Crippen molar-refractivity contribution in [2.75, 3.05) is 0 Å². The SMILES string of the molecule is CC(=O)c1c(Cl)c2ccccc2n1S(=O)(=O)c1ccc(C)cc1. The number of hydrogen-bond acceptors (Lipinski definition) is 3. The van der Waals surface area contributed by atoms with Gasteiger partial charge >= 0.3 is 0 Å². The third kappa shape index (κ3) is 2.46. The third-order valence-electron chi connectivity index (χ3n) is 3.66. The van der Waals surface area contributed by atoms with Crippen molar-refractivity contribution in [3.63, 3.8) is 0 Å². The molecule has 3 aromatic rings. The Bertz CT molecular complexity index is 1020. The molecule has 0 amide bonds. The second-order valence-electron chi connectivity index (χ2n) is 5.32. The van der Waals surface area contributed by atoms with Gasteiger partial charge in [-0.15, -0.1) is 0 Å². The average molecular weight is 348 g/mol. The number of aromatic nitrogens is 1. The van der Waals surface area contributed by atoms with Gasteiger partial charge in [0.05, 0.1) is 15.4 Å². The molecule has 0 aliphatic carbocycles. The van der Waals surface area contributed by atoms with Crippen molar-refractivity contribution in [2.45, 2.75) is 18.7 Å². The molecule has 0 unspecified atom stereocenters. The van der Waals surface area contributed by atoms with Crippen LogP contribution in [0.3, 0.4) is 0 Å². The number of carbonyl (C=O) groups is 1. The minimum Gasteiger partial charge on any atom is -0.293 e. The van der Waals surface area contributed by atoms with Gasteiger partial charge in [-0.1, -0.05) is 47.5 Å². The molecule has 1 aromatic heterocycles. The summed E-state index contributed by atoms with van der Waals surface area (Å²) in [6, 6.07) is 13.3. The molecule has 4 nitrogen and oxygen atoms in total. The maximum absolute atomic E-state index is 13.0. The van der Waals surface area contributed by atoms with E-state index in [1.54, 1.807) is 36.4 Å². The molecular weight excluding hydrogens is 334 g/mol. The predicted octanol–water partition coefficient (Wildman–Crippen LogP) is 4.04. The predicted molar refractivity (Wildman–Crippen MR) is 90.7 cm³/mol. The van der Waals surface area contributed by atoms with E-state index in [-0.39, 0.29) is 15.6 Å². The van der Waals surface area contributed by atoms with E-state index in [9.17, 15) is 13.2 Å². The molecule has 0 saturated heterocycles. The quantitative estimate of drug-likeness (QED) is 0.672. The van der Waals surface area contributed by atoms with E-state index < -0.39 is 15.8 Å². The molecule has 0 spiro atoms. The number of aryl methyl sites for hydroxylation is 1.